The summed E-state index contributed by atoms with van der Waals surface area (Å²) in [4.78, 5) is 79.5. The maximum Gasteiger partial charge on any atom is 0.358 e. The molecule has 1 aliphatic heterocycles. The number of hydrogen-bond donors (Lipinski definition) is 0. The van der Waals surface area contributed by atoms with Crippen molar-refractivity contribution in [1.82, 2.24) is 0 Å². The first-order valence-electron chi connectivity index (χ1n) is 13.7. The van der Waals surface area contributed by atoms with E-state index in [1.807, 2.05) is 20.8 Å². The predicted octanol–water partition coefficient (Wildman–Crippen LogP) is 3.14. The van der Waals surface area contributed by atoms with Gasteiger partial charge in [0.1, 0.15) is 18.0 Å². The number of hydrogen-bond acceptors (Lipinski definition) is 10. The first kappa shape index (κ1) is 29.9. The predicted molar refractivity (Wildman–Crippen MR) is 139 cm³/mol. The summed E-state index contributed by atoms with van der Waals surface area (Å²) in [6.45, 7) is 16.9. The lowest BCUT2D eigenvalue weighted by Crippen LogP contribution is -2.77. The van der Waals surface area contributed by atoms with E-state index in [1.54, 1.807) is 13.8 Å². The number of ketones is 2. The Hall–Kier alpha value is -3.04. The number of cyclic esters (lactones) is 1. The quantitative estimate of drug-likeness (QED) is 0.219. The van der Waals surface area contributed by atoms with Gasteiger partial charge in [-0.15, -0.1) is 0 Å². The normalized spacial score (nSPS) is 43.9. The molecule has 4 fully saturated rings. The third kappa shape index (κ3) is 3.59. The van der Waals surface area contributed by atoms with Gasteiger partial charge in [0.2, 0.25) is 0 Å². The third-order valence-electron chi connectivity index (χ3n) is 10.9. The SMILES string of the molecule is C=C1CC2C3(C)CCC(=O)C(C)(C)C3C(OC(C)=O)C(OC(C)=O)C2(C)C2C(=O)OC(C)(C(=O)OC)C(=O)C12C. The van der Waals surface area contributed by atoms with Crippen LogP contribution in [0.5, 0.6) is 0 Å². The molecule has 3 aliphatic carbocycles. The fourth-order valence-electron chi connectivity index (χ4n) is 9.18. The molecular weight excluding hydrogens is 520 g/mol. The van der Waals surface area contributed by atoms with E-state index in [2.05, 4.69) is 6.58 Å². The molecule has 9 unspecified atom stereocenters. The van der Waals surface area contributed by atoms with E-state index in [9.17, 15) is 28.8 Å². The molecule has 0 N–H and O–H groups in total. The lowest BCUT2D eigenvalue weighted by atomic mass is 9.34. The second-order valence-corrected chi connectivity index (χ2v) is 13.4. The Morgan fingerprint density at radius 3 is 2.05 bits per heavy atom. The van der Waals surface area contributed by atoms with Gasteiger partial charge in [0.15, 0.2) is 5.78 Å². The molecule has 220 valence electrons. The molecule has 3 saturated carbocycles. The van der Waals surface area contributed by atoms with Crippen LogP contribution >= 0.6 is 0 Å². The van der Waals surface area contributed by atoms with Crippen molar-refractivity contribution in [2.75, 3.05) is 7.11 Å². The molecule has 0 spiro atoms. The van der Waals surface area contributed by atoms with Crippen LogP contribution in [0.15, 0.2) is 12.2 Å². The Labute approximate surface area is 234 Å². The van der Waals surface area contributed by atoms with Gasteiger partial charge in [-0.25, -0.2) is 4.79 Å². The van der Waals surface area contributed by atoms with Crippen molar-refractivity contribution in [3.05, 3.63) is 12.2 Å². The zero-order chi connectivity index (χ0) is 30.4. The zero-order valence-corrected chi connectivity index (χ0v) is 24.8. The van der Waals surface area contributed by atoms with Crippen molar-refractivity contribution in [2.45, 2.75) is 92.5 Å². The number of esters is 4. The number of carbonyl (C=O) groups excluding carboxylic acids is 6. The number of rotatable bonds is 3. The van der Waals surface area contributed by atoms with Crippen LogP contribution in [0, 0.1) is 39.4 Å². The van der Waals surface area contributed by atoms with Gasteiger partial charge in [0, 0.05) is 37.0 Å². The van der Waals surface area contributed by atoms with Gasteiger partial charge in [0.25, 0.3) is 5.60 Å². The van der Waals surface area contributed by atoms with Gasteiger partial charge in [-0.1, -0.05) is 39.8 Å². The number of carbonyl (C=O) groups is 6. The van der Waals surface area contributed by atoms with Crippen molar-refractivity contribution in [1.29, 1.82) is 0 Å². The molecule has 0 bridgehead atoms. The van der Waals surface area contributed by atoms with Gasteiger partial charge in [-0.3, -0.25) is 24.0 Å². The Morgan fingerprint density at radius 2 is 1.52 bits per heavy atom. The van der Waals surface area contributed by atoms with Gasteiger partial charge >= 0.3 is 23.9 Å². The molecule has 0 aromatic carbocycles. The minimum atomic E-state index is -2.20. The summed E-state index contributed by atoms with van der Waals surface area (Å²) in [5.74, 6) is -6.08. The summed E-state index contributed by atoms with van der Waals surface area (Å²) in [7, 11) is 1.10. The van der Waals surface area contributed by atoms with Crippen molar-refractivity contribution in [3.8, 4) is 0 Å². The van der Waals surface area contributed by atoms with E-state index in [0.717, 1.165) is 7.11 Å². The van der Waals surface area contributed by atoms with Gasteiger partial charge in [-0.2, -0.15) is 0 Å². The van der Waals surface area contributed by atoms with Gasteiger partial charge in [0.05, 0.1) is 18.4 Å². The Bertz CT molecular complexity index is 1230. The monoisotopic (exact) mass is 560 g/mol. The molecule has 0 amide bonds. The van der Waals surface area contributed by atoms with Crippen LogP contribution in [0.4, 0.5) is 0 Å². The smallest absolute Gasteiger partial charge is 0.358 e. The Kier molecular flexibility index (Phi) is 6.72. The molecule has 10 heteroatoms. The molecule has 40 heavy (non-hydrogen) atoms. The van der Waals surface area contributed by atoms with Crippen LogP contribution in [0.25, 0.3) is 0 Å². The van der Waals surface area contributed by atoms with Crippen molar-refractivity contribution >= 4 is 35.4 Å². The largest absolute Gasteiger partial charge is 0.466 e. The molecule has 0 aromatic rings. The summed E-state index contributed by atoms with van der Waals surface area (Å²) < 4.78 is 22.4. The molecule has 9 atom stereocenters. The number of fused-ring (bicyclic) bond motifs is 5. The maximum absolute atomic E-state index is 14.2. The lowest BCUT2D eigenvalue weighted by molar-refractivity contribution is -0.280. The number of allylic oxidation sites excluding steroid dienone is 1. The Balaban J connectivity index is 2.04. The van der Waals surface area contributed by atoms with E-state index in [1.165, 1.54) is 20.8 Å². The second-order valence-electron chi connectivity index (χ2n) is 13.4. The molecule has 1 saturated heterocycles. The third-order valence-corrected chi connectivity index (χ3v) is 10.9. The van der Waals surface area contributed by atoms with Gasteiger partial charge < -0.3 is 18.9 Å². The number of methoxy groups -OCH3 is 1. The van der Waals surface area contributed by atoms with Crippen molar-refractivity contribution in [3.63, 3.8) is 0 Å². The zero-order valence-electron chi connectivity index (χ0n) is 24.8. The van der Waals surface area contributed by atoms with Crippen LogP contribution in [-0.4, -0.2) is 60.4 Å². The van der Waals surface area contributed by atoms with Crippen LogP contribution in [0.1, 0.15) is 74.7 Å². The lowest BCUT2D eigenvalue weighted by Gasteiger charge is -2.70. The standard InChI is InChI=1S/C30H40O10/c1-14-13-17-27(6)12-11-18(33)26(4,5)20(27)19(38-15(2)31)22(39-16(3)32)29(17,8)21-23(34)40-30(9,25(36)37-10)24(35)28(14,21)7/h17,19-22H,1,11-13H2,2-10H3. The number of ether oxygens (including phenoxy) is 4. The summed E-state index contributed by atoms with van der Waals surface area (Å²) >= 11 is 0. The van der Waals surface area contributed by atoms with Crippen molar-refractivity contribution in [2.24, 2.45) is 39.4 Å². The first-order chi connectivity index (χ1) is 18.2. The molecule has 10 nitrogen and oxygen atoms in total. The van der Waals surface area contributed by atoms with E-state index in [0.29, 0.717) is 12.0 Å². The van der Waals surface area contributed by atoms with Crippen LogP contribution in [-0.2, 0) is 47.7 Å². The van der Waals surface area contributed by atoms with Crippen LogP contribution < -0.4 is 0 Å². The summed E-state index contributed by atoms with van der Waals surface area (Å²) in [5, 5.41) is 0. The first-order valence-corrected chi connectivity index (χ1v) is 13.7. The molecule has 4 aliphatic rings. The fraction of sp³-hybridized carbons (Fsp3) is 0.733. The van der Waals surface area contributed by atoms with Gasteiger partial charge in [-0.05, 0) is 38.0 Å². The maximum atomic E-state index is 14.2. The van der Waals surface area contributed by atoms with E-state index < -0.39 is 86.9 Å². The highest BCUT2D eigenvalue weighted by Gasteiger charge is 2.79. The Morgan fingerprint density at radius 1 is 0.950 bits per heavy atom. The minimum absolute atomic E-state index is 0.00196. The highest BCUT2D eigenvalue weighted by Crippen LogP contribution is 2.73. The van der Waals surface area contributed by atoms with E-state index in [4.69, 9.17) is 18.9 Å². The average molecular weight is 561 g/mol. The summed E-state index contributed by atoms with van der Waals surface area (Å²) in [5.41, 5.74) is -6.31. The fourth-order valence-corrected chi connectivity index (χ4v) is 9.18. The highest BCUT2D eigenvalue weighted by molar-refractivity contribution is 6.15. The van der Waals surface area contributed by atoms with E-state index >= 15 is 0 Å². The summed E-state index contributed by atoms with van der Waals surface area (Å²) in [6, 6.07) is 0. The highest BCUT2D eigenvalue weighted by atomic mass is 16.6. The molecular formula is C30H40O10. The average Bonchev–Trinajstić information content (AvgIpc) is 2.83. The molecule has 0 aromatic heterocycles. The minimum Gasteiger partial charge on any atom is -0.466 e. The van der Waals surface area contributed by atoms with E-state index in [-0.39, 0.29) is 18.6 Å². The molecule has 4 rings (SSSR count). The molecule has 0 radical (unpaired) electrons. The number of Topliss-reactive ketones (excluding diaryl/α,β-unsaturated/α-hetero) is 2. The topological polar surface area (TPSA) is 139 Å². The van der Waals surface area contributed by atoms with Crippen molar-refractivity contribution < 1.29 is 47.7 Å². The second kappa shape index (κ2) is 8.98. The van der Waals surface area contributed by atoms with Crippen LogP contribution in [0.3, 0.4) is 0 Å². The molecule has 1 heterocycles. The van der Waals surface area contributed by atoms with Crippen LogP contribution in [0.2, 0.25) is 0 Å². The summed E-state index contributed by atoms with van der Waals surface area (Å²) in [6.07, 6.45) is -1.34.